The summed E-state index contributed by atoms with van der Waals surface area (Å²) in [7, 11) is 0. The maximum absolute atomic E-state index is 3.99. The van der Waals surface area contributed by atoms with Gasteiger partial charge in [-0.05, 0) is 31.6 Å². The molecule has 0 unspecified atom stereocenters. The van der Waals surface area contributed by atoms with E-state index in [0.29, 0.717) is 11.1 Å². The molecule has 112 valence electrons. The van der Waals surface area contributed by atoms with Crippen molar-refractivity contribution in [3.05, 3.63) is 0 Å². The van der Waals surface area contributed by atoms with Gasteiger partial charge in [0.2, 0.25) is 0 Å². The van der Waals surface area contributed by atoms with Crippen LogP contribution >= 0.6 is 0 Å². The average Bonchev–Trinajstić information content (AvgIpc) is 2.40. The lowest BCUT2D eigenvalue weighted by molar-refractivity contribution is -0.0208. The molecule has 0 aromatic rings. The van der Waals surface area contributed by atoms with Gasteiger partial charge in [0.15, 0.2) is 0 Å². The molecular weight excluding hydrogens is 232 g/mol. The van der Waals surface area contributed by atoms with Gasteiger partial charge in [-0.2, -0.15) is 0 Å². The van der Waals surface area contributed by atoms with Crippen molar-refractivity contribution < 1.29 is 0 Å². The summed E-state index contributed by atoms with van der Waals surface area (Å²) >= 11 is 0. The summed E-state index contributed by atoms with van der Waals surface area (Å²) in [4.78, 5) is 2.85. The first-order valence-corrected chi connectivity index (χ1v) is 8.56. The second kappa shape index (κ2) is 6.13. The molecule has 1 spiro atoms. The van der Waals surface area contributed by atoms with Crippen molar-refractivity contribution in [2.45, 2.75) is 83.7 Å². The zero-order valence-electron chi connectivity index (χ0n) is 13.6. The molecule has 19 heavy (non-hydrogen) atoms. The molecular formula is C17H34N2. The molecule has 2 fully saturated rings. The summed E-state index contributed by atoms with van der Waals surface area (Å²) in [5.41, 5.74) is 0.855. The Kier molecular flexibility index (Phi) is 4.94. The highest BCUT2D eigenvalue weighted by atomic mass is 15.3. The molecule has 2 heteroatoms. The predicted molar refractivity (Wildman–Crippen MR) is 83.5 cm³/mol. The van der Waals surface area contributed by atoms with Gasteiger partial charge in [-0.1, -0.05) is 47.0 Å². The molecule has 1 saturated carbocycles. The van der Waals surface area contributed by atoms with Crippen LogP contribution in [0.4, 0.5) is 0 Å². The van der Waals surface area contributed by atoms with Crippen LogP contribution in [-0.2, 0) is 0 Å². The molecule has 0 amide bonds. The summed E-state index contributed by atoms with van der Waals surface area (Å²) in [6.45, 7) is 13.2. The minimum Gasteiger partial charge on any atom is -0.308 e. The Balaban J connectivity index is 2.14. The molecule has 0 atom stereocenters. The number of rotatable bonds is 4. The number of hydrogen-bond acceptors (Lipinski definition) is 2. The maximum Gasteiger partial charge on any atom is 0.0329 e. The van der Waals surface area contributed by atoms with Gasteiger partial charge in [0, 0.05) is 30.7 Å². The molecule has 0 aromatic carbocycles. The quantitative estimate of drug-likeness (QED) is 0.832. The third-order valence-corrected chi connectivity index (χ3v) is 5.67. The smallest absolute Gasteiger partial charge is 0.0329 e. The standard InChI is InChI=1S/C17H34N2/c1-5-17(6-2)13-18-16(10-8-7-9-11-16)14-19(17)12-15(3)4/h15,18H,5-14H2,1-4H3. The molecule has 1 heterocycles. The Hall–Kier alpha value is -0.0800. The Labute approximate surface area is 120 Å². The molecule has 2 rings (SSSR count). The van der Waals surface area contributed by atoms with Crippen LogP contribution in [0.2, 0.25) is 0 Å². The van der Waals surface area contributed by atoms with Crippen molar-refractivity contribution >= 4 is 0 Å². The van der Waals surface area contributed by atoms with Crippen LogP contribution in [0.5, 0.6) is 0 Å². The second-order valence-electron chi connectivity index (χ2n) is 7.40. The fraction of sp³-hybridized carbons (Fsp3) is 1.00. The van der Waals surface area contributed by atoms with Gasteiger partial charge in [-0.15, -0.1) is 0 Å². The third-order valence-electron chi connectivity index (χ3n) is 5.67. The van der Waals surface area contributed by atoms with Crippen molar-refractivity contribution in [3.63, 3.8) is 0 Å². The molecule has 0 radical (unpaired) electrons. The maximum atomic E-state index is 3.99. The summed E-state index contributed by atoms with van der Waals surface area (Å²) in [6, 6.07) is 0. The van der Waals surface area contributed by atoms with E-state index in [1.807, 2.05) is 0 Å². The number of hydrogen-bond donors (Lipinski definition) is 1. The highest BCUT2D eigenvalue weighted by molar-refractivity contribution is 5.05. The lowest BCUT2D eigenvalue weighted by atomic mass is 9.75. The molecule has 0 bridgehead atoms. The van der Waals surface area contributed by atoms with Crippen LogP contribution in [0.25, 0.3) is 0 Å². The van der Waals surface area contributed by atoms with Crippen LogP contribution in [0.3, 0.4) is 0 Å². The Morgan fingerprint density at radius 2 is 1.68 bits per heavy atom. The Bertz CT molecular complexity index is 275. The average molecular weight is 266 g/mol. The summed E-state index contributed by atoms with van der Waals surface area (Å²) in [5.74, 6) is 0.774. The molecule has 0 aromatic heterocycles. The molecule has 1 saturated heterocycles. The van der Waals surface area contributed by atoms with Crippen molar-refractivity contribution in [2.75, 3.05) is 19.6 Å². The first-order valence-electron chi connectivity index (χ1n) is 8.56. The van der Waals surface area contributed by atoms with E-state index < -0.39 is 0 Å². The van der Waals surface area contributed by atoms with Gasteiger partial charge in [-0.3, -0.25) is 4.90 Å². The van der Waals surface area contributed by atoms with Crippen LogP contribution < -0.4 is 5.32 Å². The van der Waals surface area contributed by atoms with Gasteiger partial charge in [0.05, 0.1) is 0 Å². The fourth-order valence-corrected chi connectivity index (χ4v) is 4.26. The van der Waals surface area contributed by atoms with Crippen molar-refractivity contribution in [1.82, 2.24) is 10.2 Å². The van der Waals surface area contributed by atoms with Crippen molar-refractivity contribution in [2.24, 2.45) is 5.92 Å². The zero-order chi connectivity index (χ0) is 13.9. The lowest BCUT2D eigenvalue weighted by Crippen LogP contribution is -2.70. The van der Waals surface area contributed by atoms with Gasteiger partial charge >= 0.3 is 0 Å². The zero-order valence-corrected chi connectivity index (χ0v) is 13.6. The van der Waals surface area contributed by atoms with Crippen LogP contribution in [0.15, 0.2) is 0 Å². The molecule has 2 nitrogen and oxygen atoms in total. The minimum absolute atomic E-state index is 0.410. The Morgan fingerprint density at radius 3 is 2.21 bits per heavy atom. The largest absolute Gasteiger partial charge is 0.308 e. The van der Waals surface area contributed by atoms with E-state index in [4.69, 9.17) is 0 Å². The lowest BCUT2D eigenvalue weighted by Gasteiger charge is -2.56. The van der Waals surface area contributed by atoms with Crippen LogP contribution in [0, 0.1) is 5.92 Å². The fourth-order valence-electron chi connectivity index (χ4n) is 4.26. The van der Waals surface area contributed by atoms with Gasteiger partial charge in [-0.25, -0.2) is 0 Å². The topological polar surface area (TPSA) is 15.3 Å². The first kappa shape index (κ1) is 15.3. The summed E-state index contributed by atoms with van der Waals surface area (Å²) < 4.78 is 0. The number of piperazine rings is 1. The summed E-state index contributed by atoms with van der Waals surface area (Å²) in [6.07, 6.45) is 9.64. The van der Waals surface area contributed by atoms with Crippen LogP contribution in [0.1, 0.15) is 72.6 Å². The predicted octanol–water partition coefficient (Wildman–Crippen LogP) is 3.81. The van der Waals surface area contributed by atoms with Crippen molar-refractivity contribution in [3.8, 4) is 0 Å². The SMILES string of the molecule is CCC1(CC)CNC2(CCCCC2)CN1CC(C)C. The highest BCUT2D eigenvalue weighted by Gasteiger charge is 2.45. The van der Waals surface area contributed by atoms with E-state index in [1.165, 1.54) is 64.6 Å². The van der Waals surface area contributed by atoms with E-state index in [-0.39, 0.29) is 0 Å². The van der Waals surface area contributed by atoms with Gasteiger partial charge in [0.25, 0.3) is 0 Å². The minimum atomic E-state index is 0.410. The van der Waals surface area contributed by atoms with E-state index in [2.05, 4.69) is 37.9 Å². The normalized spacial score (nSPS) is 27.0. The number of nitrogens with zero attached hydrogens (tertiary/aromatic N) is 1. The van der Waals surface area contributed by atoms with Crippen molar-refractivity contribution in [1.29, 1.82) is 0 Å². The monoisotopic (exact) mass is 266 g/mol. The molecule has 1 aliphatic carbocycles. The van der Waals surface area contributed by atoms with E-state index in [1.54, 1.807) is 0 Å². The van der Waals surface area contributed by atoms with E-state index in [9.17, 15) is 0 Å². The Morgan fingerprint density at radius 1 is 1.05 bits per heavy atom. The molecule has 1 N–H and O–H groups in total. The first-order chi connectivity index (χ1) is 9.06. The van der Waals surface area contributed by atoms with Crippen LogP contribution in [-0.4, -0.2) is 35.6 Å². The van der Waals surface area contributed by atoms with E-state index >= 15 is 0 Å². The van der Waals surface area contributed by atoms with Gasteiger partial charge < -0.3 is 5.32 Å². The number of nitrogens with one attached hydrogen (secondary N) is 1. The summed E-state index contributed by atoms with van der Waals surface area (Å²) in [5, 5.41) is 3.99. The second-order valence-corrected chi connectivity index (χ2v) is 7.40. The molecule has 1 aliphatic heterocycles. The third kappa shape index (κ3) is 3.16. The molecule has 2 aliphatic rings. The van der Waals surface area contributed by atoms with E-state index in [0.717, 1.165) is 5.92 Å². The van der Waals surface area contributed by atoms with Gasteiger partial charge in [0.1, 0.15) is 0 Å². The highest BCUT2D eigenvalue weighted by Crippen LogP contribution is 2.37.